The van der Waals surface area contributed by atoms with Gasteiger partial charge in [-0.3, -0.25) is 4.79 Å². The summed E-state index contributed by atoms with van der Waals surface area (Å²) in [5.41, 5.74) is 3.75. The second kappa shape index (κ2) is 13.8. The minimum atomic E-state index is -1.32. The topological polar surface area (TPSA) is 68.8 Å². The van der Waals surface area contributed by atoms with Crippen LogP contribution in [0.25, 0.3) is 5.57 Å². The van der Waals surface area contributed by atoms with E-state index in [2.05, 4.69) is 10.6 Å². The standard InChI is InChI=1S/C33H35F3N2O4/c1-40-24-5-2-6-25(18-24)42-20-30(23-11-12-23)38-33(39)27-19-37-16-15-26(27)22-9-7-21(8-10-22)4-3-17-41-32-29(35)14-13-28(34)31(32)36/h2,5-10,13-14,18,23,30,37H,3-4,11-12,15-17,19-20H2,1H3,(H,38,39). The summed E-state index contributed by atoms with van der Waals surface area (Å²) in [6.07, 6.45) is 3.97. The summed E-state index contributed by atoms with van der Waals surface area (Å²) in [4.78, 5) is 13.5. The molecule has 3 aromatic carbocycles. The largest absolute Gasteiger partial charge is 0.497 e. The molecule has 1 aliphatic carbocycles. The molecule has 9 heteroatoms. The molecule has 1 fully saturated rings. The third kappa shape index (κ3) is 7.45. The first-order chi connectivity index (χ1) is 20.4. The number of nitrogens with one attached hydrogen (secondary N) is 2. The molecule has 0 saturated heterocycles. The lowest BCUT2D eigenvalue weighted by atomic mass is 9.92. The van der Waals surface area contributed by atoms with Crippen molar-refractivity contribution in [3.8, 4) is 17.2 Å². The monoisotopic (exact) mass is 580 g/mol. The van der Waals surface area contributed by atoms with Crippen LogP contribution in [0.5, 0.6) is 17.2 Å². The Bertz CT molecular complexity index is 1420. The molecule has 5 rings (SSSR count). The maximum Gasteiger partial charge on any atom is 0.249 e. The normalized spacial score (nSPS) is 15.7. The quantitative estimate of drug-likeness (QED) is 0.196. The van der Waals surface area contributed by atoms with Crippen molar-refractivity contribution in [2.45, 2.75) is 38.1 Å². The fourth-order valence-corrected chi connectivity index (χ4v) is 5.11. The SMILES string of the molecule is COc1cccc(OCC(NC(=O)C2=C(c3ccc(CCCOc4c(F)ccc(F)c4F)cc3)CCNC2)C2CC2)c1. The smallest absolute Gasteiger partial charge is 0.249 e. The predicted octanol–water partition coefficient (Wildman–Crippen LogP) is 5.84. The molecule has 6 nitrogen and oxygen atoms in total. The Morgan fingerprint density at radius 3 is 2.52 bits per heavy atom. The van der Waals surface area contributed by atoms with E-state index in [1.165, 1.54) is 0 Å². The molecule has 1 amide bonds. The lowest BCUT2D eigenvalue weighted by molar-refractivity contribution is -0.118. The Balaban J connectivity index is 1.19. The number of ether oxygens (including phenoxy) is 3. The number of aryl methyl sites for hydroxylation is 1. The van der Waals surface area contributed by atoms with Gasteiger partial charge in [-0.25, -0.2) is 8.78 Å². The van der Waals surface area contributed by atoms with Gasteiger partial charge in [0.05, 0.1) is 19.8 Å². The van der Waals surface area contributed by atoms with Gasteiger partial charge in [0.1, 0.15) is 18.1 Å². The zero-order valence-electron chi connectivity index (χ0n) is 23.6. The number of carbonyl (C=O) groups is 1. The molecule has 0 aromatic heterocycles. The van der Waals surface area contributed by atoms with E-state index in [9.17, 15) is 18.0 Å². The number of carbonyl (C=O) groups excluding carboxylic acids is 1. The Morgan fingerprint density at radius 2 is 1.76 bits per heavy atom. The molecular weight excluding hydrogens is 545 g/mol. The number of methoxy groups -OCH3 is 1. The first kappa shape index (κ1) is 29.5. The van der Waals surface area contributed by atoms with Crippen molar-refractivity contribution in [3.05, 3.63) is 94.8 Å². The maximum absolute atomic E-state index is 13.8. The van der Waals surface area contributed by atoms with Gasteiger partial charge in [0.2, 0.25) is 11.7 Å². The minimum absolute atomic E-state index is 0.0455. The van der Waals surface area contributed by atoms with E-state index in [0.29, 0.717) is 37.7 Å². The maximum atomic E-state index is 13.8. The van der Waals surface area contributed by atoms with E-state index in [1.807, 2.05) is 48.5 Å². The second-order valence-corrected chi connectivity index (χ2v) is 10.6. The molecule has 1 unspecified atom stereocenters. The molecule has 1 aliphatic heterocycles. The van der Waals surface area contributed by atoms with Crippen molar-refractivity contribution >= 4 is 11.5 Å². The average molecular weight is 581 g/mol. The van der Waals surface area contributed by atoms with Crippen LogP contribution in [-0.4, -0.2) is 45.4 Å². The van der Waals surface area contributed by atoms with E-state index in [4.69, 9.17) is 14.2 Å². The first-order valence-electron chi connectivity index (χ1n) is 14.3. The third-order valence-corrected chi connectivity index (χ3v) is 7.63. The van der Waals surface area contributed by atoms with Crippen molar-refractivity contribution in [1.82, 2.24) is 10.6 Å². The summed E-state index contributed by atoms with van der Waals surface area (Å²) in [6.45, 7) is 1.70. The average Bonchev–Trinajstić information content (AvgIpc) is 3.87. The Labute approximate surface area is 243 Å². The fraction of sp³-hybridized carbons (Fsp3) is 0.364. The number of amides is 1. The van der Waals surface area contributed by atoms with Gasteiger partial charge in [0.25, 0.3) is 0 Å². The Kier molecular flexibility index (Phi) is 9.69. The molecule has 1 heterocycles. The lowest BCUT2D eigenvalue weighted by Crippen LogP contribution is -2.44. The van der Waals surface area contributed by atoms with Crippen molar-refractivity contribution < 1.29 is 32.2 Å². The summed E-state index contributed by atoms with van der Waals surface area (Å²) in [5.74, 6) is -2.34. The second-order valence-electron chi connectivity index (χ2n) is 10.6. The van der Waals surface area contributed by atoms with Crippen molar-refractivity contribution in [2.24, 2.45) is 5.92 Å². The molecular formula is C33H35F3N2O4. The molecule has 2 N–H and O–H groups in total. The van der Waals surface area contributed by atoms with Gasteiger partial charge in [-0.2, -0.15) is 4.39 Å². The van der Waals surface area contributed by atoms with E-state index < -0.39 is 23.2 Å². The van der Waals surface area contributed by atoms with Crippen LogP contribution in [0.2, 0.25) is 0 Å². The van der Waals surface area contributed by atoms with Gasteiger partial charge in [0.15, 0.2) is 17.4 Å². The molecule has 42 heavy (non-hydrogen) atoms. The van der Waals surface area contributed by atoms with Gasteiger partial charge in [-0.05, 0) is 85.5 Å². The van der Waals surface area contributed by atoms with Gasteiger partial charge >= 0.3 is 0 Å². The van der Waals surface area contributed by atoms with E-state index in [0.717, 1.165) is 66.0 Å². The van der Waals surface area contributed by atoms with Crippen molar-refractivity contribution in [1.29, 1.82) is 0 Å². The predicted molar refractivity (Wildman–Crippen MR) is 154 cm³/mol. The minimum Gasteiger partial charge on any atom is -0.497 e. The highest BCUT2D eigenvalue weighted by Crippen LogP contribution is 2.34. The molecule has 3 aromatic rings. The zero-order chi connectivity index (χ0) is 29.5. The Morgan fingerprint density at radius 1 is 1.00 bits per heavy atom. The summed E-state index contributed by atoms with van der Waals surface area (Å²) in [7, 11) is 1.61. The van der Waals surface area contributed by atoms with Crippen molar-refractivity contribution in [2.75, 3.05) is 33.4 Å². The number of benzene rings is 3. The van der Waals surface area contributed by atoms with E-state index >= 15 is 0 Å². The van der Waals surface area contributed by atoms with Crippen LogP contribution in [0.3, 0.4) is 0 Å². The summed E-state index contributed by atoms with van der Waals surface area (Å²) < 4.78 is 57.4. The summed E-state index contributed by atoms with van der Waals surface area (Å²) in [6, 6.07) is 16.9. The van der Waals surface area contributed by atoms with Gasteiger partial charge in [-0.1, -0.05) is 30.3 Å². The highest BCUT2D eigenvalue weighted by molar-refractivity contribution is 6.02. The molecule has 1 atom stereocenters. The molecule has 2 aliphatic rings. The summed E-state index contributed by atoms with van der Waals surface area (Å²) >= 11 is 0. The van der Waals surface area contributed by atoms with Gasteiger partial charge < -0.3 is 24.8 Å². The van der Waals surface area contributed by atoms with E-state index in [-0.39, 0.29) is 18.6 Å². The van der Waals surface area contributed by atoms with Crippen molar-refractivity contribution in [3.63, 3.8) is 0 Å². The molecule has 222 valence electrons. The van der Waals surface area contributed by atoms with Gasteiger partial charge in [0, 0.05) is 18.2 Å². The van der Waals surface area contributed by atoms with Crippen LogP contribution >= 0.6 is 0 Å². The highest BCUT2D eigenvalue weighted by atomic mass is 19.2. The van der Waals surface area contributed by atoms with Crippen LogP contribution in [0.4, 0.5) is 13.2 Å². The number of rotatable bonds is 13. The number of hydrogen-bond acceptors (Lipinski definition) is 5. The Hall–Kier alpha value is -3.98. The summed E-state index contributed by atoms with van der Waals surface area (Å²) in [5, 5.41) is 6.55. The molecule has 0 bridgehead atoms. The van der Waals surface area contributed by atoms with Crippen LogP contribution < -0.4 is 24.8 Å². The van der Waals surface area contributed by atoms with Crippen LogP contribution in [-0.2, 0) is 11.2 Å². The molecule has 0 spiro atoms. The number of halogens is 3. The van der Waals surface area contributed by atoms with Crippen LogP contribution in [0, 0.1) is 23.4 Å². The first-order valence-corrected chi connectivity index (χ1v) is 14.3. The fourth-order valence-electron chi connectivity index (χ4n) is 5.11. The van der Waals surface area contributed by atoms with Crippen LogP contribution in [0.1, 0.15) is 36.8 Å². The molecule has 0 radical (unpaired) electrons. The third-order valence-electron chi connectivity index (χ3n) is 7.63. The van der Waals surface area contributed by atoms with Crippen LogP contribution in [0.15, 0.2) is 66.2 Å². The van der Waals surface area contributed by atoms with E-state index in [1.54, 1.807) is 7.11 Å². The van der Waals surface area contributed by atoms with Gasteiger partial charge in [-0.15, -0.1) is 0 Å². The highest BCUT2D eigenvalue weighted by Gasteiger charge is 2.34. The molecule has 1 saturated carbocycles. The zero-order valence-corrected chi connectivity index (χ0v) is 23.6. The number of hydrogen-bond donors (Lipinski definition) is 2. The lowest BCUT2D eigenvalue weighted by Gasteiger charge is -2.25.